The zero-order valence-corrected chi connectivity index (χ0v) is 11.8. The van der Waals surface area contributed by atoms with E-state index in [0.29, 0.717) is 11.5 Å². The molecule has 1 aliphatic rings. The first-order valence-corrected chi connectivity index (χ1v) is 7.01. The van der Waals surface area contributed by atoms with Gasteiger partial charge in [0.15, 0.2) is 11.5 Å². The zero-order valence-electron chi connectivity index (χ0n) is 11.8. The van der Waals surface area contributed by atoms with E-state index >= 15 is 0 Å². The fraction of sp³-hybridized carbons (Fsp3) is 0.625. The van der Waals surface area contributed by atoms with Crippen molar-refractivity contribution in [2.24, 2.45) is 0 Å². The molecule has 18 heavy (non-hydrogen) atoms. The topological polar surface area (TPSA) is 29.5 Å². The molecule has 0 unspecified atom stereocenters. The number of aromatic hydroxyl groups is 1. The molecule has 1 aliphatic carbocycles. The number of hydrogen-bond acceptors (Lipinski definition) is 2. The summed E-state index contributed by atoms with van der Waals surface area (Å²) in [6.45, 7) is 4.34. The van der Waals surface area contributed by atoms with Gasteiger partial charge in [0.1, 0.15) is 0 Å². The van der Waals surface area contributed by atoms with E-state index in [2.05, 4.69) is 19.9 Å². The van der Waals surface area contributed by atoms with E-state index in [1.807, 2.05) is 6.07 Å². The molecule has 2 heteroatoms. The molecule has 0 aromatic heterocycles. The van der Waals surface area contributed by atoms with Gasteiger partial charge in [-0.25, -0.2) is 0 Å². The van der Waals surface area contributed by atoms with Crippen LogP contribution in [0, 0.1) is 6.92 Å². The van der Waals surface area contributed by atoms with Crippen molar-refractivity contribution in [3.05, 3.63) is 23.3 Å². The quantitative estimate of drug-likeness (QED) is 0.863. The molecule has 1 saturated carbocycles. The molecule has 0 radical (unpaired) electrons. The highest BCUT2D eigenvalue weighted by Gasteiger charge is 2.36. The Morgan fingerprint density at radius 3 is 2.44 bits per heavy atom. The number of ether oxygens (including phenoxy) is 1. The average Bonchev–Trinajstić information content (AvgIpc) is 2.40. The Balaban J connectivity index is 2.53. The van der Waals surface area contributed by atoms with Crippen LogP contribution in [0.25, 0.3) is 0 Å². The number of rotatable bonds is 3. The van der Waals surface area contributed by atoms with Gasteiger partial charge in [0.05, 0.1) is 7.11 Å². The molecule has 0 atom stereocenters. The molecule has 1 aromatic rings. The predicted octanol–water partition coefficient (Wildman–Crippen LogP) is 4.32. The van der Waals surface area contributed by atoms with Gasteiger partial charge in [-0.3, -0.25) is 0 Å². The van der Waals surface area contributed by atoms with Gasteiger partial charge >= 0.3 is 0 Å². The van der Waals surface area contributed by atoms with Crippen LogP contribution in [-0.2, 0) is 5.41 Å². The zero-order chi connectivity index (χ0) is 13.2. The normalized spacial score (nSPS) is 18.6. The Kier molecular flexibility index (Phi) is 3.84. The number of benzene rings is 1. The van der Waals surface area contributed by atoms with Crippen molar-refractivity contribution < 1.29 is 9.84 Å². The Labute approximate surface area is 110 Å². The lowest BCUT2D eigenvalue weighted by atomic mass is 9.66. The van der Waals surface area contributed by atoms with E-state index in [1.54, 1.807) is 7.11 Å². The van der Waals surface area contributed by atoms with Gasteiger partial charge in [-0.05, 0) is 43.2 Å². The van der Waals surface area contributed by atoms with Crippen molar-refractivity contribution in [1.82, 2.24) is 0 Å². The number of methoxy groups -OCH3 is 1. The molecule has 100 valence electrons. The summed E-state index contributed by atoms with van der Waals surface area (Å²) in [5.41, 5.74) is 2.47. The summed E-state index contributed by atoms with van der Waals surface area (Å²) in [4.78, 5) is 0. The summed E-state index contributed by atoms with van der Waals surface area (Å²) in [5.74, 6) is 0.968. The molecule has 0 heterocycles. The third-order valence-corrected chi connectivity index (χ3v) is 4.59. The summed E-state index contributed by atoms with van der Waals surface area (Å²) in [7, 11) is 1.62. The van der Waals surface area contributed by atoms with Crippen LogP contribution in [-0.4, -0.2) is 12.2 Å². The molecule has 1 aromatic carbocycles. The van der Waals surface area contributed by atoms with E-state index < -0.39 is 0 Å². The van der Waals surface area contributed by atoms with Crippen molar-refractivity contribution in [3.63, 3.8) is 0 Å². The Morgan fingerprint density at radius 1 is 1.22 bits per heavy atom. The molecular weight excluding hydrogens is 224 g/mol. The molecule has 0 spiro atoms. The third-order valence-electron chi connectivity index (χ3n) is 4.59. The van der Waals surface area contributed by atoms with Crippen LogP contribution in [0.5, 0.6) is 11.5 Å². The highest BCUT2D eigenvalue weighted by atomic mass is 16.5. The monoisotopic (exact) mass is 248 g/mol. The first kappa shape index (κ1) is 13.3. The molecule has 0 saturated heterocycles. The minimum Gasteiger partial charge on any atom is -0.504 e. The summed E-state index contributed by atoms with van der Waals surface area (Å²) in [6.07, 6.45) is 7.32. The van der Waals surface area contributed by atoms with Gasteiger partial charge in [-0.2, -0.15) is 0 Å². The van der Waals surface area contributed by atoms with Crippen LogP contribution in [0.15, 0.2) is 12.1 Å². The van der Waals surface area contributed by atoms with Gasteiger partial charge in [0.25, 0.3) is 0 Å². The van der Waals surface area contributed by atoms with E-state index in [9.17, 15) is 5.11 Å². The highest BCUT2D eigenvalue weighted by molar-refractivity contribution is 5.53. The number of phenols is 1. The van der Waals surface area contributed by atoms with Gasteiger partial charge < -0.3 is 9.84 Å². The Hall–Kier alpha value is -1.18. The predicted molar refractivity (Wildman–Crippen MR) is 74.4 cm³/mol. The largest absolute Gasteiger partial charge is 0.504 e. The minimum absolute atomic E-state index is 0.154. The second-order valence-corrected chi connectivity index (χ2v) is 5.50. The molecule has 2 nitrogen and oxygen atoms in total. The standard InChI is InChI=1S/C16H24O2/c1-4-16(10-6-5-7-11-16)14-12(2)8-9-13(18-3)15(14)17/h8-9,17H,4-7,10-11H2,1-3H3. The molecule has 0 bridgehead atoms. The van der Waals surface area contributed by atoms with Gasteiger partial charge in [-0.15, -0.1) is 0 Å². The van der Waals surface area contributed by atoms with Crippen molar-refractivity contribution in [2.45, 2.75) is 57.8 Å². The van der Waals surface area contributed by atoms with Gasteiger partial charge in [0, 0.05) is 5.56 Å². The highest BCUT2D eigenvalue weighted by Crippen LogP contribution is 2.49. The average molecular weight is 248 g/mol. The first-order chi connectivity index (χ1) is 8.64. The summed E-state index contributed by atoms with van der Waals surface area (Å²) in [6, 6.07) is 3.93. The van der Waals surface area contributed by atoms with Crippen molar-refractivity contribution in [3.8, 4) is 11.5 Å². The van der Waals surface area contributed by atoms with Crippen LogP contribution in [0.1, 0.15) is 56.6 Å². The molecule has 1 N–H and O–H groups in total. The number of aryl methyl sites for hydroxylation is 1. The minimum atomic E-state index is 0.154. The van der Waals surface area contributed by atoms with E-state index in [-0.39, 0.29) is 5.41 Å². The van der Waals surface area contributed by atoms with Crippen LogP contribution in [0.2, 0.25) is 0 Å². The van der Waals surface area contributed by atoms with Crippen LogP contribution < -0.4 is 4.74 Å². The van der Waals surface area contributed by atoms with Gasteiger partial charge in [-0.1, -0.05) is 32.3 Å². The lowest BCUT2D eigenvalue weighted by Crippen LogP contribution is -2.29. The maximum atomic E-state index is 10.5. The molecule has 1 fully saturated rings. The molecule has 2 rings (SSSR count). The lowest BCUT2D eigenvalue weighted by molar-refractivity contribution is 0.269. The maximum absolute atomic E-state index is 10.5. The van der Waals surface area contributed by atoms with Gasteiger partial charge in [0.2, 0.25) is 0 Å². The van der Waals surface area contributed by atoms with Crippen molar-refractivity contribution in [2.75, 3.05) is 7.11 Å². The van der Waals surface area contributed by atoms with E-state index in [1.165, 1.54) is 37.7 Å². The van der Waals surface area contributed by atoms with E-state index in [0.717, 1.165) is 12.0 Å². The van der Waals surface area contributed by atoms with Crippen LogP contribution in [0.4, 0.5) is 0 Å². The van der Waals surface area contributed by atoms with E-state index in [4.69, 9.17) is 4.74 Å². The van der Waals surface area contributed by atoms with Crippen LogP contribution in [0.3, 0.4) is 0 Å². The Morgan fingerprint density at radius 2 is 1.89 bits per heavy atom. The Bertz CT molecular complexity index is 417. The van der Waals surface area contributed by atoms with Crippen molar-refractivity contribution in [1.29, 1.82) is 0 Å². The molecular formula is C16H24O2. The second kappa shape index (κ2) is 5.21. The fourth-order valence-electron chi connectivity index (χ4n) is 3.52. The second-order valence-electron chi connectivity index (χ2n) is 5.50. The first-order valence-electron chi connectivity index (χ1n) is 7.01. The summed E-state index contributed by atoms with van der Waals surface area (Å²) in [5, 5.41) is 10.5. The van der Waals surface area contributed by atoms with Crippen molar-refractivity contribution >= 4 is 0 Å². The van der Waals surface area contributed by atoms with Crippen LogP contribution >= 0.6 is 0 Å². The maximum Gasteiger partial charge on any atom is 0.161 e. The summed E-state index contributed by atoms with van der Waals surface area (Å²) >= 11 is 0. The molecule has 0 aliphatic heterocycles. The number of phenolic OH excluding ortho intramolecular Hbond substituents is 1. The third kappa shape index (κ3) is 2.09. The molecule has 0 amide bonds. The lowest BCUT2D eigenvalue weighted by Gasteiger charge is -2.38. The summed E-state index contributed by atoms with van der Waals surface area (Å²) < 4.78 is 5.27. The number of hydrogen-bond donors (Lipinski definition) is 1. The SMILES string of the molecule is CCC1(c2c(C)ccc(OC)c2O)CCCCC1. The smallest absolute Gasteiger partial charge is 0.161 e. The fourth-order valence-corrected chi connectivity index (χ4v) is 3.52.